The molecule has 0 spiro atoms. The minimum atomic E-state index is 0.177. The van der Waals surface area contributed by atoms with Crippen molar-refractivity contribution >= 4 is 0 Å². The van der Waals surface area contributed by atoms with Gasteiger partial charge >= 0.3 is 0 Å². The van der Waals surface area contributed by atoms with E-state index in [1.54, 1.807) is 14.2 Å². The van der Waals surface area contributed by atoms with Crippen molar-refractivity contribution < 1.29 is 14.0 Å². The summed E-state index contributed by atoms with van der Waals surface area (Å²) in [6.45, 7) is 0.999. The molecular weight excluding hydrogens is 258 g/mol. The molecule has 1 aromatic carbocycles. The number of nitrogens with zero attached hydrogens (tertiary/aromatic N) is 2. The summed E-state index contributed by atoms with van der Waals surface area (Å²) in [7, 11) is 3.21. The molecule has 1 aliphatic rings. The number of aromatic nitrogens is 2. The summed E-state index contributed by atoms with van der Waals surface area (Å²) in [6.07, 6.45) is 2.17. The summed E-state index contributed by atoms with van der Waals surface area (Å²) < 4.78 is 15.8. The van der Waals surface area contributed by atoms with E-state index in [0.29, 0.717) is 23.2 Å². The molecule has 0 aliphatic carbocycles. The number of hydrogen-bond acceptors (Lipinski definition) is 6. The molecule has 1 aliphatic heterocycles. The van der Waals surface area contributed by atoms with Crippen LogP contribution in [0.3, 0.4) is 0 Å². The average Bonchev–Trinajstić information content (AvgIpc) is 3.16. The van der Waals surface area contributed by atoms with Gasteiger partial charge in [0.1, 0.15) is 0 Å². The fourth-order valence-corrected chi connectivity index (χ4v) is 2.36. The molecule has 0 bridgehead atoms. The normalized spacial score (nSPS) is 18.2. The van der Waals surface area contributed by atoms with Crippen LogP contribution in [0, 0.1) is 0 Å². The van der Waals surface area contributed by atoms with E-state index in [1.165, 1.54) is 0 Å². The van der Waals surface area contributed by atoms with Crippen LogP contribution in [-0.2, 0) is 0 Å². The highest BCUT2D eigenvalue weighted by Gasteiger charge is 2.22. The van der Waals surface area contributed by atoms with Gasteiger partial charge in [-0.05, 0) is 37.6 Å². The van der Waals surface area contributed by atoms with Crippen molar-refractivity contribution in [1.29, 1.82) is 0 Å². The summed E-state index contributed by atoms with van der Waals surface area (Å²) in [5.74, 6) is 2.54. The molecule has 3 rings (SSSR count). The zero-order valence-electron chi connectivity index (χ0n) is 11.5. The molecule has 0 saturated carbocycles. The largest absolute Gasteiger partial charge is 0.493 e. The van der Waals surface area contributed by atoms with Gasteiger partial charge in [0, 0.05) is 5.56 Å². The van der Waals surface area contributed by atoms with Gasteiger partial charge < -0.3 is 19.3 Å². The van der Waals surface area contributed by atoms with Crippen molar-refractivity contribution in [2.45, 2.75) is 18.9 Å². The molecule has 6 nitrogen and oxygen atoms in total. The highest BCUT2D eigenvalue weighted by atomic mass is 16.5. The predicted molar refractivity (Wildman–Crippen MR) is 72.8 cm³/mol. The number of methoxy groups -OCH3 is 2. The van der Waals surface area contributed by atoms with Crippen LogP contribution in [0.15, 0.2) is 22.7 Å². The highest BCUT2D eigenvalue weighted by Crippen LogP contribution is 2.32. The van der Waals surface area contributed by atoms with E-state index < -0.39 is 0 Å². The van der Waals surface area contributed by atoms with Crippen molar-refractivity contribution in [3.05, 3.63) is 24.1 Å². The fourth-order valence-electron chi connectivity index (χ4n) is 2.36. The zero-order valence-corrected chi connectivity index (χ0v) is 11.5. The van der Waals surface area contributed by atoms with Gasteiger partial charge in [-0.15, -0.1) is 0 Å². The molecule has 0 unspecified atom stereocenters. The monoisotopic (exact) mass is 275 g/mol. The summed E-state index contributed by atoms with van der Waals surface area (Å²) >= 11 is 0. The number of benzene rings is 1. The maximum absolute atomic E-state index is 5.34. The summed E-state index contributed by atoms with van der Waals surface area (Å²) in [4.78, 5) is 4.46. The number of hydrogen-bond donors (Lipinski definition) is 1. The van der Waals surface area contributed by atoms with E-state index in [9.17, 15) is 0 Å². The lowest BCUT2D eigenvalue weighted by Gasteiger charge is -2.07. The smallest absolute Gasteiger partial charge is 0.244 e. The second-order valence-electron chi connectivity index (χ2n) is 4.67. The molecule has 1 aromatic heterocycles. The molecule has 0 radical (unpaired) electrons. The first-order valence-electron chi connectivity index (χ1n) is 6.61. The van der Waals surface area contributed by atoms with Crippen molar-refractivity contribution in [2.24, 2.45) is 0 Å². The molecule has 2 aromatic rings. The van der Waals surface area contributed by atoms with Gasteiger partial charge in [0.15, 0.2) is 11.5 Å². The summed E-state index contributed by atoms with van der Waals surface area (Å²) in [5.41, 5.74) is 0.843. The van der Waals surface area contributed by atoms with Crippen molar-refractivity contribution in [3.63, 3.8) is 0 Å². The number of nitrogens with one attached hydrogen (secondary N) is 1. The Balaban J connectivity index is 1.88. The molecule has 106 valence electrons. The first-order chi connectivity index (χ1) is 9.81. The van der Waals surface area contributed by atoms with Gasteiger partial charge in [0.25, 0.3) is 0 Å². The zero-order chi connectivity index (χ0) is 13.9. The van der Waals surface area contributed by atoms with Crippen molar-refractivity contribution in [3.8, 4) is 22.9 Å². The Labute approximate surface area is 117 Å². The minimum absolute atomic E-state index is 0.177. The lowest BCUT2D eigenvalue weighted by atomic mass is 10.2. The van der Waals surface area contributed by atoms with E-state index in [1.807, 2.05) is 18.2 Å². The Kier molecular flexibility index (Phi) is 3.56. The van der Waals surface area contributed by atoms with Gasteiger partial charge in [-0.2, -0.15) is 4.98 Å². The molecule has 1 atom stereocenters. The number of ether oxygens (including phenoxy) is 2. The predicted octanol–water partition coefficient (Wildman–Crippen LogP) is 2.18. The Bertz CT molecular complexity index is 591. The first-order valence-corrected chi connectivity index (χ1v) is 6.61. The first kappa shape index (κ1) is 12.9. The lowest BCUT2D eigenvalue weighted by molar-refractivity contribution is 0.344. The van der Waals surface area contributed by atoms with Crippen LogP contribution in [0.5, 0.6) is 11.5 Å². The topological polar surface area (TPSA) is 69.4 Å². The second kappa shape index (κ2) is 5.50. The molecule has 2 heterocycles. The lowest BCUT2D eigenvalue weighted by Crippen LogP contribution is -2.12. The van der Waals surface area contributed by atoms with Crippen LogP contribution in [0.25, 0.3) is 11.4 Å². The van der Waals surface area contributed by atoms with Crippen LogP contribution < -0.4 is 14.8 Å². The molecule has 0 amide bonds. The Morgan fingerprint density at radius 1 is 1.25 bits per heavy atom. The molecule has 1 fully saturated rings. The van der Waals surface area contributed by atoms with Crippen LogP contribution in [0.1, 0.15) is 24.8 Å². The molecule has 20 heavy (non-hydrogen) atoms. The highest BCUT2D eigenvalue weighted by molar-refractivity contribution is 5.60. The molecule has 6 heteroatoms. The summed E-state index contributed by atoms with van der Waals surface area (Å²) in [5, 5.41) is 7.38. The van der Waals surface area contributed by atoms with Crippen LogP contribution in [-0.4, -0.2) is 30.9 Å². The number of rotatable bonds is 4. The van der Waals surface area contributed by atoms with E-state index in [0.717, 1.165) is 24.9 Å². The van der Waals surface area contributed by atoms with Gasteiger partial charge in [-0.1, -0.05) is 5.16 Å². The third kappa shape index (κ3) is 2.34. The van der Waals surface area contributed by atoms with Crippen LogP contribution >= 0.6 is 0 Å². The fraction of sp³-hybridized carbons (Fsp3) is 0.429. The van der Waals surface area contributed by atoms with E-state index in [-0.39, 0.29) is 6.04 Å². The Hall–Kier alpha value is -2.08. The van der Waals surface area contributed by atoms with Crippen LogP contribution in [0.4, 0.5) is 0 Å². The minimum Gasteiger partial charge on any atom is -0.493 e. The SMILES string of the molecule is COc1ccc(-c2noc([C@H]3CCCN3)n2)cc1OC. The van der Waals surface area contributed by atoms with Crippen LogP contribution in [0.2, 0.25) is 0 Å². The van der Waals surface area contributed by atoms with Gasteiger partial charge in [-0.3, -0.25) is 0 Å². The average molecular weight is 275 g/mol. The van der Waals surface area contributed by atoms with Gasteiger partial charge in [0.05, 0.1) is 20.3 Å². The van der Waals surface area contributed by atoms with E-state index >= 15 is 0 Å². The molecule has 1 N–H and O–H groups in total. The summed E-state index contributed by atoms with van der Waals surface area (Å²) in [6, 6.07) is 5.74. The third-order valence-electron chi connectivity index (χ3n) is 3.44. The Morgan fingerprint density at radius 3 is 2.80 bits per heavy atom. The van der Waals surface area contributed by atoms with E-state index in [4.69, 9.17) is 14.0 Å². The van der Waals surface area contributed by atoms with E-state index in [2.05, 4.69) is 15.5 Å². The molecular formula is C14H17N3O3. The quantitative estimate of drug-likeness (QED) is 0.922. The van der Waals surface area contributed by atoms with Crippen molar-refractivity contribution in [2.75, 3.05) is 20.8 Å². The Morgan fingerprint density at radius 2 is 2.10 bits per heavy atom. The molecule has 1 saturated heterocycles. The van der Waals surface area contributed by atoms with Gasteiger partial charge in [0.2, 0.25) is 11.7 Å². The van der Waals surface area contributed by atoms with Crippen molar-refractivity contribution in [1.82, 2.24) is 15.5 Å². The van der Waals surface area contributed by atoms with Gasteiger partial charge in [-0.25, -0.2) is 0 Å². The maximum atomic E-state index is 5.34. The third-order valence-corrected chi connectivity index (χ3v) is 3.44. The second-order valence-corrected chi connectivity index (χ2v) is 4.67. The standard InChI is InChI=1S/C14H17N3O3/c1-18-11-6-5-9(8-12(11)19-2)13-16-14(20-17-13)10-4-3-7-15-10/h5-6,8,10,15H,3-4,7H2,1-2H3/t10-/m1/s1. The maximum Gasteiger partial charge on any atom is 0.244 e.